The molecular weight excluding hydrogens is 350 g/mol. The predicted octanol–water partition coefficient (Wildman–Crippen LogP) is 1.56. The molecule has 0 radical (unpaired) electrons. The predicted molar refractivity (Wildman–Crippen MR) is 101 cm³/mol. The quantitative estimate of drug-likeness (QED) is 0.797. The summed E-state index contributed by atoms with van der Waals surface area (Å²) in [6.07, 6.45) is 2.27. The van der Waals surface area contributed by atoms with E-state index in [0.717, 1.165) is 25.1 Å². The van der Waals surface area contributed by atoms with Crippen molar-refractivity contribution in [3.8, 4) is 0 Å². The molecule has 1 amide bonds. The number of benzene rings is 1. The summed E-state index contributed by atoms with van der Waals surface area (Å²) < 4.78 is 27.0. The van der Waals surface area contributed by atoms with Crippen molar-refractivity contribution < 1.29 is 13.2 Å². The lowest BCUT2D eigenvalue weighted by atomic mass is 10.0. The first kappa shape index (κ1) is 19.3. The Labute approximate surface area is 156 Å². The van der Waals surface area contributed by atoms with E-state index in [1.54, 1.807) is 12.1 Å². The normalized spacial score (nSPS) is 23.2. The molecule has 3 rings (SSSR count). The summed E-state index contributed by atoms with van der Waals surface area (Å²) in [5.41, 5.74) is 1.04. The van der Waals surface area contributed by atoms with E-state index in [2.05, 4.69) is 11.8 Å². The fraction of sp³-hybridized carbons (Fsp3) is 0.632. The number of piperazine rings is 1. The second kappa shape index (κ2) is 8.06. The first-order chi connectivity index (χ1) is 12.4. The van der Waals surface area contributed by atoms with Crippen molar-refractivity contribution >= 4 is 15.9 Å². The van der Waals surface area contributed by atoms with Crippen molar-refractivity contribution in [3.63, 3.8) is 0 Å². The maximum absolute atomic E-state index is 12.7. The van der Waals surface area contributed by atoms with E-state index >= 15 is 0 Å². The fourth-order valence-electron chi connectivity index (χ4n) is 3.69. The number of rotatable bonds is 4. The van der Waals surface area contributed by atoms with Gasteiger partial charge in [0.25, 0.3) is 0 Å². The number of likely N-dealkylation sites (tertiary alicyclic amines) is 1. The third-order valence-electron chi connectivity index (χ3n) is 5.36. The Morgan fingerprint density at radius 3 is 2.35 bits per heavy atom. The van der Waals surface area contributed by atoms with Gasteiger partial charge in [-0.15, -0.1) is 0 Å². The number of carbonyl (C=O) groups excluding carboxylic acids is 1. The Bertz CT molecular complexity index is 725. The van der Waals surface area contributed by atoms with Gasteiger partial charge < -0.3 is 4.90 Å². The van der Waals surface area contributed by atoms with Crippen LogP contribution in [0.3, 0.4) is 0 Å². The molecule has 0 saturated carbocycles. The van der Waals surface area contributed by atoms with Gasteiger partial charge in [0, 0.05) is 39.3 Å². The second-order valence-electron chi connectivity index (χ2n) is 7.58. The van der Waals surface area contributed by atoms with Gasteiger partial charge in [-0.3, -0.25) is 9.69 Å². The number of piperidine rings is 1. The number of hydrogen-bond donors (Lipinski definition) is 0. The molecular formula is C19H29N3O3S. The Balaban J connectivity index is 1.54. The Hall–Kier alpha value is -1.44. The van der Waals surface area contributed by atoms with Crippen LogP contribution in [-0.4, -0.2) is 74.2 Å². The number of nitrogens with zero attached hydrogens (tertiary/aromatic N) is 3. The van der Waals surface area contributed by atoms with E-state index in [1.807, 2.05) is 24.0 Å². The number of sulfonamides is 1. The van der Waals surface area contributed by atoms with Crippen LogP contribution < -0.4 is 0 Å². The highest BCUT2D eigenvalue weighted by atomic mass is 32.2. The summed E-state index contributed by atoms with van der Waals surface area (Å²) in [7, 11) is -3.45. The van der Waals surface area contributed by atoms with Gasteiger partial charge in [-0.25, -0.2) is 8.42 Å². The Morgan fingerprint density at radius 1 is 1.08 bits per heavy atom. The maximum Gasteiger partial charge on any atom is 0.243 e. The molecule has 6 nitrogen and oxygen atoms in total. The summed E-state index contributed by atoms with van der Waals surface area (Å²) >= 11 is 0. The highest BCUT2D eigenvalue weighted by molar-refractivity contribution is 7.89. The lowest BCUT2D eigenvalue weighted by molar-refractivity contribution is -0.134. The molecule has 0 bridgehead atoms. The number of aryl methyl sites for hydroxylation is 1. The zero-order valence-electron chi connectivity index (χ0n) is 15.7. The molecule has 0 spiro atoms. The average Bonchev–Trinajstić information content (AvgIpc) is 2.62. The molecule has 0 aliphatic carbocycles. The number of hydrogen-bond acceptors (Lipinski definition) is 4. The van der Waals surface area contributed by atoms with Crippen molar-refractivity contribution in [2.24, 2.45) is 5.92 Å². The topological polar surface area (TPSA) is 60.9 Å². The molecule has 0 aromatic heterocycles. The van der Waals surface area contributed by atoms with Crippen molar-refractivity contribution in [2.75, 3.05) is 45.8 Å². The molecule has 7 heteroatoms. The monoisotopic (exact) mass is 379 g/mol. The Morgan fingerprint density at radius 2 is 1.73 bits per heavy atom. The first-order valence-electron chi connectivity index (χ1n) is 9.43. The minimum Gasteiger partial charge on any atom is -0.341 e. The van der Waals surface area contributed by atoms with Crippen LogP contribution in [0.4, 0.5) is 0 Å². The summed E-state index contributed by atoms with van der Waals surface area (Å²) in [5.74, 6) is 0.746. The van der Waals surface area contributed by atoms with Crippen LogP contribution in [-0.2, 0) is 14.8 Å². The lowest BCUT2D eigenvalue weighted by Crippen LogP contribution is -2.52. The maximum atomic E-state index is 12.7. The molecule has 26 heavy (non-hydrogen) atoms. The SMILES string of the molecule is Cc1ccc(S(=O)(=O)N2CCN(CC(=O)N3CCCC(C)C3)CC2)cc1. The van der Waals surface area contributed by atoms with Crippen LogP contribution >= 0.6 is 0 Å². The van der Waals surface area contributed by atoms with E-state index in [-0.39, 0.29) is 5.91 Å². The van der Waals surface area contributed by atoms with Crippen LogP contribution in [0, 0.1) is 12.8 Å². The smallest absolute Gasteiger partial charge is 0.243 e. The molecule has 144 valence electrons. The lowest BCUT2D eigenvalue weighted by Gasteiger charge is -2.36. The molecule has 2 heterocycles. The van der Waals surface area contributed by atoms with Gasteiger partial charge in [-0.1, -0.05) is 24.6 Å². The van der Waals surface area contributed by atoms with Gasteiger partial charge in [0.05, 0.1) is 11.4 Å². The van der Waals surface area contributed by atoms with Gasteiger partial charge >= 0.3 is 0 Å². The first-order valence-corrected chi connectivity index (χ1v) is 10.9. The van der Waals surface area contributed by atoms with Gasteiger partial charge in [0.1, 0.15) is 0 Å². The van der Waals surface area contributed by atoms with Crippen LogP contribution in [0.2, 0.25) is 0 Å². The third kappa shape index (κ3) is 4.45. The molecule has 2 aliphatic rings. The minimum absolute atomic E-state index is 0.173. The minimum atomic E-state index is -3.45. The molecule has 1 aromatic rings. The van der Waals surface area contributed by atoms with Crippen molar-refractivity contribution in [2.45, 2.75) is 31.6 Å². The highest BCUT2D eigenvalue weighted by Gasteiger charge is 2.30. The van der Waals surface area contributed by atoms with E-state index < -0.39 is 10.0 Å². The molecule has 0 N–H and O–H groups in total. The van der Waals surface area contributed by atoms with E-state index in [4.69, 9.17) is 0 Å². The number of carbonyl (C=O) groups is 1. The van der Waals surface area contributed by atoms with Crippen LogP contribution in [0.25, 0.3) is 0 Å². The highest BCUT2D eigenvalue weighted by Crippen LogP contribution is 2.19. The molecule has 2 saturated heterocycles. The van der Waals surface area contributed by atoms with Crippen molar-refractivity contribution in [3.05, 3.63) is 29.8 Å². The van der Waals surface area contributed by atoms with Gasteiger partial charge in [-0.05, 0) is 37.8 Å². The summed E-state index contributed by atoms with van der Waals surface area (Å²) in [4.78, 5) is 16.9. The second-order valence-corrected chi connectivity index (χ2v) is 9.52. The molecule has 1 atom stereocenters. The van der Waals surface area contributed by atoms with E-state index in [1.165, 1.54) is 10.7 Å². The average molecular weight is 380 g/mol. The summed E-state index contributed by atoms with van der Waals surface area (Å²) in [6, 6.07) is 6.97. The fourth-order valence-corrected chi connectivity index (χ4v) is 5.12. The van der Waals surface area contributed by atoms with Gasteiger partial charge in [0.2, 0.25) is 15.9 Å². The van der Waals surface area contributed by atoms with Gasteiger partial charge in [-0.2, -0.15) is 4.31 Å². The summed E-state index contributed by atoms with van der Waals surface area (Å²) in [5, 5.41) is 0. The third-order valence-corrected chi connectivity index (χ3v) is 7.27. The van der Waals surface area contributed by atoms with Crippen molar-refractivity contribution in [1.82, 2.24) is 14.1 Å². The standard InChI is InChI=1S/C19H29N3O3S/c1-16-5-7-18(8-6-16)26(24,25)22-12-10-20(11-13-22)15-19(23)21-9-3-4-17(2)14-21/h5-8,17H,3-4,9-15H2,1-2H3. The zero-order chi connectivity index (χ0) is 18.7. The Kier molecular flexibility index (Phi) is 5.99. The van der Waals surface area contributed by atoms with Gasteiger partial charge in [0.15, 0.2) is 0 Å². The van der Waals surface area contributed by atoms with E-state index in [0.29, 0.717) is 43.5 Å². The van der Waals surface area contributed by atoms with Crippen LogP contribution in [0.5, 0.6) is 0 Å². The zero-order valence-corrected chi connectivity index (χ0v) is 16.5. The summed E-state index contributed by atoms with van der Waals surface area (Å²) in [6.45, 7) is 8.28. The largest absolute Gasteiger partial charge is 0.341 e. The van der Waals surface area contributed by atoms with Crippen LogP contribution in [0.15, 0.2) is 29.2 Å². The van der Waals surface area contributed by atoms with Crippen LogP contribution in [0.1, 0.15) is 25.3 Å². The van der Waals surface area contributed by atoms with E-state index in [9.17, 15) is 13.2 Å². The molecule has 1 unspecified atom stereocenters. The molecule has 2 aliphatic heterocycles. The van der Waals surface area contributed by atoms with Crippen molar-refractivity contribution in [1.29, 1.82) is 0 Å². The molecule has 1 aromatic carbocycles. The number of amides is 1. The molecule has 2 fully saturated rings.